The van der Waals surface area contributed by atoms with Gasteiger partial charge in [0.1, 0.15) is 0 Å². The standard InChI is InChI=1S/C13H7ClN2O2/c14-9-3-4-10(13-8(9)2-1-7-15-13)16-11(17)5-6-12(16)18/h1-7H. The van der Waals surface area contributed by atoms with Gasteiger partial charge in [-0.15, -0.1) is 0 Å². The highest BCUT2D eigenvalue weighted by Crippen LogP contribution is 2.31. The molecule has 0 spiro atoms. The van der Waals surface area contributed by atoms with E-state index in [1.54, 1.807) is 30.5 Å². The first-order valence-corrected chi connectivity index (χ1v) is 5.65. The fourth-order valence-electron chi connectivity index (χ4n) is 1.94. The molecule has 2 amide bonds. The second kappa shape index (κ2) is 3.92. The van der Waals surface area contributed by atoms with Gasteiger partial charge in [0.05, 0.1) is 16.2 Å². The van der Waals surface area contributed by atoms with Crippen molar-refractivity contribution in [3.63, 3.8) is 0 Å². The topological polar surface area (TPSA) is 50.3 Å². The Morgan fingerprint density at radius 2 is 1.78 bits per heavy atom. The Morgan fingerprint density at radius 1 is 1.06 bits per heavy atom. The Labute approximate surface area is 107 Å². The SMILES string of the molecule is O=C1C=CC(=O)N1c1ccc(Cl)c2cccnc12. The Kier molecular flexibility index (Phi) is 2.38. The molecule has 1 aliphatic rings. The molecule has 0 radical (unpaired) electrons. The summed E-state index contributed by atoms with van der Waals surface area (Å²) in [6.07, 6.45) is 4.08. The summed E-state index contributed by atoms with van der Waals surface area (Å²) in [7, 11) is 0. The first-order chi connectivity index (χ1) is 8.68. The summed E-state index contributed by atoms with van der Waals surface area (Å²) >= 11 is 6.06. The zero-order valence-corrected chi connectivity index (χ0v) is 9.89. The van der Waals surface area contributed by atoms with Gasteiger partial charge in [0.2, 0.25) is 0 Å². The third kappa shape index (κ3) is 1.50. The van der Waals surface area contributed by atoms with E-state index in [-0.39, 0.29) is 11.8 Å². The van der Waals surface area contributed by atoms with Crippen LogP contribution in [0.5, 0.6) is 0 Å². The van der Waals surface area contributed by atoms with E-state index in [4.69, 9.17) is 11.6 Å². The van der Waals surface area contributed by atoms with Crippen LogP contribution >= 0.6 is 11.6 Å². The molecule has 3 rings (SSSR count). The van der Waals surface area contributed by atoms with Gasteiger partial charge < -0.3 is 0 Å². The van der Waals surface area contributed by atoms with Crippen molar-refractivity contribution in [2.75, 3.05) is 4.90 Å². The molecule has 0 saturated heterocycles. The van der Waals surface area contributed by atoms with E-state index in [1.165, 1.54) is 12.2 Å². The van der Waals surface area contributed by atoms with E-state index in [0.29, 0.717) is 21.6 Å². The Morgan fingerprint density at radius 3 is 2.50 bits per heavy atom. The average molecular weight is 259 g/mol. The number of carbonyl (C=O) groups excluding carboxylic acids is 2. The fourth-order valence-corrected chi connectivity index (χ4v) is 2.16. The van der Waals surface area contributed by atoms with Crippen molar-refractivity contribution in [1.29, 1.82) is 0 Å². The number of aromatic nitrogens is 1. The van der Waals surface area contributed by atoms with Gasteiger partial charge in [0.15, 0.2) is 0 Å². The Bertz CT molecular complexity index is 691. The van der Waals surface area contributed by atoms with Crippen molar-refractivity contribution >= 4 is 40.0 Å². The lowest BCUT2D eigenvalue weighted by Gasteiger charge is -2.16. The normalized spacial score (nSPS) is 14.8. The number of fused-ring (bicyclic) bond motifs is 1. The maximum absolute atomic E-state index is 11.7. The summed E-state index contributed by atoms with van der Waals surface area (Å²) in [5.41, 5.74) is 0.991. The van der Waals surface area contributed by atoms with Crippen molar-refractivity contribution in [3.05, 3.63) is 47.6 Å². The molecule has 0 aliphatic carbocycles. The molecule has 18 heavy (non-hydrogen) atoms. The third-order valence-corrected chi connectivity index (χ3v) is 3.07. The lowest BCUT2D eigenvalue weighted by atomic mass is 10.1. The number of imide groups is 1. The summed E-state index contributed by atoms with van der Waals surface area (Å²) in [6.45, 7) is 0. The Hall–Kier alpha value is -2.20. The molecule has 4 nitrogen and oxygen atoms in total. The van der Waals surface area contributed by atoms with Crippen LogP contribution in [0.4, 0.5) is 5.69 Å². The van der Waals surface area contributed by atoms with Crippen LogP contribution in [0.3, 0.4) is 0 Å². The van der Waals surface area contributed by atoms with Gasteiger partial charge in [0.25, 0.3) is 11.8 Å². The lowest BCUT2D eigenvalue weighted by Crippen LogP contribution is -2.29. The molecule has 1 aromatic heterocycles. The highest BCUT2D eigenvalue weighted by Gasteiger charge is 2.27. The molecule has 2 aromatic rings. The molecule has 0 atom stereocenters. The maximum atomic E-state index is 11.7. The summed E-state index contributed by atoms with van der Waals surface area (Å²) < 4.78 is 0. The molecule has 0 saturated carbocycles. The van der Waals surface area contributed by atoms with Crippen molar-refractivity contribution in [1.82, 2.24) is 4.98 Å². The lowest BCUT2D eigenvalue weighted by molar-refractivity contribution is -0.119. The number of hydrogen-bond donors (Lipinski definition) is 0. The number of carbonyl (C=O) groups is 2. The zero-order valence-electron chi connectivity index (χ0n) is 9.13. The molecule has 5 heteroatoms. The van der Waals surface area contributed by atoms with Gasteiger partial charge in [-0.3, -0.25) is 14.6 Å². The number of anilines is 1. The first kappa shape index (κ1) is 10.9. The quantitative estimate of drug-likeness (QED) is 0.738. The van der Waals surface area contributed by atoms with Gasteiger partial charge in [-0.25, -0.2) is 4.90 Å². The predicted molar refractivity (Wildman–Crippen MR) is 68.4 cm³/mol. The molecule has 1 aliphatic heterocycles. The number of amides is 2. The zero-order chi connectivity index (χ0) is 12.7. The third-order valence-electron chi connectivity index (χ3n) is 2.75. The summed E-state index contributed by atoms with van der Waals surface area (Å²) in [4.78, 5) is 28.6. The number of rotatable bonds is 1. The summed E-state index contributed by atoms with van der Waals surface area (Å²) in [6, 6.07) is 6.83. The minimum absolute atomic E-state index is 0.366. The van der Waals surface area contributed by atoms with Crippen molar-refractivity contribution in [3.8, 4) is 0 Å². The smallest absolute Gasteiger partial charge is 0.258 e. The molecule has 88 valence electrons. The van der Waals surface area contributed by atoms with Gasteiger partial charge in [-0.2, -0.15) is 0 Å². The fraction of sp³-hybridized carbons (Fsp3) is 0. The van der Waals surface area contributed by atoms with Crippen LogP contribution in [-0.4, -0.2) is 16.8 Å². The molecule has 0 fully saturated rings. The van der Waals surface area contributed by atoms with E-state index in [2.05, 4.69) is 4.98 Å². The van der Waals surface area contributed by atoms with E-state index >= 15 is 0 Å². The van der Waals surface area contributed by atoms with Crippen LogP contribution in [-0.2, 0) is 9.59 Å². The maximum Gasteiger partial charge on any atom is 0.258 e. The highest BCUT2D eigenvalue weighted by molar-refractivity contribution is 6.37. The van der Waals surface area contributed by atoms with Gasteiger partial charge in [0, 0.05) is 23.7 Å². The minimum Gasteiger partial charge on any atom is -0.269 e. The van der Waals surface area contributed by atoms with Crippen LogP contribution in [0.15, 0.2) is 42.6 Å². The number of hydrogen-bond acceptors (Lipinski definition) is 3. The number of pyridine rings is 1. The minimum atomic E-state index is -0.366. The first-order valence-electron chi connectivity index (χ1n) is 5.28. The number of nitrogens with zero attached hydrogens (tertiary/aromatic N) is 2. The van der Waals surface area contributed by atoms with Crippen molar-refractivity contribution < 1.29 is 9.59 Å². The molecular weight excluding hydrogens is 252 g/mol. The molecule has 1 aromatic carbocycles. The summed E-state index contributed by atoms with van der Waals surface area (Å²) in [5, 5.41) is 1.25. The molecule has 2 heterocycles. The van der Waals surface area contributed by atoms with E-state index < -0.39 is 0 Å². The molecule has 0 bridgehead atoms. The van der Waals surface area contributed by atoms with E-state index in [9.17, 15) is 9.59 Å². The largest absolute Gasteiger partial charge is 0.269 e. The van der Waals surface area contributed by atoms with Crippen LogP contribution in [0.25, 0.3) is 10.9 Å². The van der Waals surface area contributed by atoms with Gasteiger partial charge >= 0.3 is 0 Å². The number of halogens is 1. The van der Waals surface area contributed by atoms with Gasteiger partial charge in [-0.1, -0.05) is 11.6 Å². The number of benzene rings is 1. The Balaban J connectivity index is 2.28. The van der Waals surface area contributed by atoms with Crippen LogP contribution in [0.2, 0.25) is 5.02 Å². The highest BCUT2D eigenvalue weighted by atomic mass is 35.5. The van der Waals surface area contributed by atoms with Gasteiger partial charge in [-0.05, 0) is 24.3 Å². The second-order valence-electron chi connectivity index (χ2n) is 3.81. The van der Waals surface area contributed by atoms with Crippen LogP contribution in [0, 0.1) is 0 Å². The molecule has 0 N–H and O–H groups in total. The van der Waals surface area contributed by atoms with E-state index in [0.717, 1.165) is 4.90 Å². The second-order valence-corrected chi connectivity index (χ2v) is 4.22. The summed E-state index contributed by atoms with van der Waals surface area (Å²) in [5.74, 6) is -0.733. The monoisotopic (exact) mass is 258 g/mol. The average Bonchev–Trinajstić information content (AvgIpc) is 2.71. The van der Waals surface area contributed by atoms with Crippen LogP contribution < -0.4 is 4.90 Å². The van der Waals surface area contributed by atoms with Crippen molar-refractivity contribution in [2.45, 2.75) is 0 Å². The molecule has 0 unspecified atom stereocenters. The van der Waals surface area contributed by atoms with Crippen LogP contribution in [0.1, 0.15) is 0 Å². The predicted octanol–water partition coefficient (Wildman–Crippen LogP) is 2.32. The van der Waals surface area contributed by atoms with Crippen molar-refractivity contribution in [2.24, 2.45) is 0 Å². The molecular formula is C13H7ClN2O2. The van der Waals surface area contributed by atoms with E-state index in [1.807, 2.05) is 0 Å².